The van der Waals surface area contributed by atoms with Crippen molar-refractivity contribution in [2.75, 3.05) is 0 Å². The molecule has 2 N–H and O–H groups in total. The van der Waals surface area contributed by atoms with Gasteiger partial charge in [0.1, 0.15) is 0 Å². The molecule has 1 heterocycles. The minimum absolute atomic E-state index is 0.00132. The summed E-state index contributed by atoms with van der Waals surface area (Å²) < 4.78 is 6.36. The third kappa shape index (κ3) is 2.22. The zero-order chi connectivity index (χ0) is 25.6. The van der Waals surface area contributed by atoms with Crippen LogP contribution in [0, 0.1) is 45.3 Å². The molecule has 7 aliphatic rings. The molecule has 1 saturated heterocycles. The van der Waals surface area contributed by atoms with Gasteiger partial charge in [-0.05, 0) is 75.5 Å². The number of ketones is 2. The van der Waals surface area contributed by atoms with Crippen LogP contribution < -0.4 is 0 Å². The monoisotopic (exact) mass is 482 g/mol. The topological polar surface area (TPSA) is 83.8 Å². The van der Waals surface area contributed by atoms with Crippen molar-refractivity contribution in [3.8, 4) is 0 Å². The molecule has 1 spiro atoms. The maximum absolute atomic E-state index is 15.2. The molecule has 2 unspecified atom stereocenters. The number of aliphatic hydroxyl groups is 2. The number of fused-ring (bicyclic) bond motifs is 1. The van der Waals surface area contributed by atoms with Gasteiger partial charge >= 0.3 is 0 Å². The number of carbonyl (C=O) groups excluding carboxylic acids is 2. The molecular weight excluding hydrogens is 440 g/mol. The Kier molecular flexibility index (Phi) is 4.39. The molecule has 0 radical (unpaired) electrons. The number of hydrogen-bond donors (Lipinski definition) is 2. The van der Waals surface area contributed by atoms with Gasteiger partial charge in [0.25, 0.3) is 0 Å². The average Bonchev–Trinajstić information content (AvgIpc) is 2.81. The molecule has 5 heteroatoms. The van der Waals surface area contributed by atoms with Crippen molar-refractivity contribution in [2.24, 2.45) is 45.3 Å². The lowest BCUT2D eigenvalue weighted by Gasteiger charge is -2.71. The SMILES string of the molecule is C=CC1=CC2C3C(C)(C)O[C@@]4(O)C(=O)[C@@]25C[C@@]2(O)CCCC(C)(C)[C@@H]2CC[C@]5(C1)C(=O)[C@@]34C(C)C. The quantitative estimate of drug-likeness (QED) is 0.593. The number of allylic oxidation sites excluding steroid dienone is 3. The predicted octanol–water partition coefficient (Wildman–Crippen LogP) is 4.75. The van der Waals surface area contributed by atoms with Crippen molar-refractivity contribution in [1.82, 2.24) is 0 Å². The van der Waals surface area contributed by atoms with Gasteiger partial charge < -0.3 is 14.9 Å². The summed E-state index contributed by atoms with van der Waals surface area (Å²) in [4.78, 5) is 30.1. The smallest absolute Gasteiger partial charge is 0.241 e. The number of Topliss-reactive ketones (excluding diaryl/α,β-unsaturated/α-hetero) is 2. The first-order valence-corrected chi connectivity index (χ1v) is 13.7. The van der Waals surface area contributed by atoms with Gasteiger partial charge in [0.2, 0.25) is 11.6 Å². The number of rotatable bonds is 2. The summed E-state index contributed by atoms with van der Waals surface area (Å²) in [5.74, 6) is -3.41. The Morgan fingerprint density at radius 3 is 2.40 bits per heavy atom. The van der Waals surface area contributed by atoms with Gasteiger partial charge in [0.05, 0.1) is 22.0 Å². The molecule has 6 fully saturated rings. The van der Waals surface area contributed by atoms with E-state index in [0.717, 1.165) is 18.4 Å². The zero-order valence-corrected chi connectivity index (χ0v) is 22.2. The molecule has 8 atom stereocenters. The van der Waals surface area contributed by atoms with E-state index < -0.39 is 33.2 Å². The maximum Gasteiger partial charge on any atom is 0.241 e. The third-order valence-electron chi connectivity index (χ3n) is 12.1. The Hall–Kier alpha value is -1.30. The van der Waals surface area contributed by atoms with E-state index in [1.165, 1.54) is 0 Å². The van der Waals surface area contributed by atoms with E-state index >= 15 is 4.79 Å². The Balaban J connectivity index is 1.71. The molecule has 6 aliphatic carbocycles. The van der Waals surface area contributed by atoms with Gasteiger partial charge in [-0.15, -0.1) is 0 Å². The van der Waals surface area contributed by atoms with Gasteiger partial charge in [-0.3, -0.25) is 9.59 Å². The fourth-order valence-corrected chi connectivity index (χ4v) is 11.1. The summed E-state index contributed by atoms with van der Waals surface area (Å²) >= 11 is 0. The highest BCUT2D eigenvalue weighted by Gasteiger charge is 2.93. The molecule has 0 aromatic heterocycles. The van der Waals surface area contributed by atoms with E-state index in [9.17, 15) is 15.0 Å². The van der Waals surface area contributed by atoms with Crippen LogP contribution in [0.1, 0.15) is 86.5 Å². The van der Waals surface area contributed by atoms with Crippen molar-refractivity contribution < 1.29 is 24.5 Å². The van der Waals surface area contributed by atoms with E-state index in [0.29, 0.717) is 25.7 Å². The second-order valence-corrected chi connectivity index (χ2v) is 14.4. The van der Waals surface area contributed by atoms with Crippen LogP contribution in [0.3, 0.4) is 0 Å². The van der Waals surface area contributed by atoms with Crippen molar-refractivity contribution in [2.45, 2.75) is 103 Å². The zero-order valence-electron chi connectivity index (χ0n) is 22.2. The standard InChI is InChI=1S/C30H42O5/c1-8-18-14-19-21-25(6,7)35-30(34)23(32)28(19)16-27(33)12-9-11-24(4,5)20(27)10-13-26(28,15-18)22(31)29(21,30)17(2)3/h8,14,17,19-21,33-34H,1,9-13,15-16H2,2-7H3/t19?,20-,21?,26-,27-,28+,29+,30-/m0/s1. The Morgan fingerprint density at radius 1 is 1.09 bits per heavy atom. The van der Waals surface area contributed by atoms with Crippen molar-refractivity contribution in [3.63, 3.8) is 0 Å². The molecule has 0 amide bonds. The first kappa shape index (κ1) is 24.1. The molecule has 0 aromatic carbocycles. The minimum Gasteiger partial charge on any atom is -0.390 e. The first-order chi connectivity index (χ1) is 16.1. The van der Waals surface area contributed by atoms with E-state index in [-0.39, 0.29) is 47.1 Å². The summed E-state index contributed by atoms with van der Waals surface area (Å²) in [5.41, 5.74) is -4.41. The van der Waals surface area contributed by atoms with Crippen molar-refractivity contribution >= 4 is 11.6 Å². The third-order valence-corrected chi connectivity index (χ3v) is 12.1. The highest BCUT2D eigenvalue weighted by Crippen LogP contribution is 2.83. The first-order valence-electron chi connectivity index (χ1n) is 13.7. The summed E-state index contributed by atoms with van der Waals surface area (Å²) in [5, 5.41) is 24.7. The molecule has 0 aromatic rings. The lowest BCUT2D eigenvalue weighted by Crippen LogP contribution is -2.83. The molecule has 5 saturated carbocycles. The second kappa shape index (κ2) is 6.39. The van der Waals surface area contributed by atoms with Crippen LogP contribution in [-0.2, 0) is 14.3 Å². The fourth-order valence-electron chi connectivity index (χ4n) is 11.1. The van der Waals surface area contributed by atoms with Gasteiger partial charge in [-0.2, -0.15) is 0 Å². The Labute approximate surface area is 209 Å². The average molecular weight is 483 g/mol. The highest BCUT2D eigenvalue weighted by atomic mass is 16.7. The Bertz CT molecular complexity index is 1080. The van der Waals surface area contributed by atoms with E-state index in [2.05, 4.69) is 26.5 Å². The number of ether oxygens (including phenoxy) is 1. The predicted molar refractivity (Wildman–Crippen MR) is 132 cm³/mol. The molecule has 1 aliphatic heterocycles. The van der Waals surface area contributed by atoms with E-state index in [4.69, 9.17) is 4.74 Å². The maximum atomic E-state index is 15.2. The molecule has 6 bridgehead atoms. The summed E-state index contributed by atoms with van der Waals surface area (Å²) in [7, 11) is 0. The number of carbonyl (C=O) groups is 2. The molecule has 5 nitrogen and oxygen atoms in total. The van der Waals surface area contributed by atoms with Gasteiger partial charge in [-0.1, -0.05) is 58.4 Å². The van der Waals surface area contributed by atoms with Crippen LogP contribution in [-0.4, -0.2) is 38.8 Å². The molecule has 7 rings (SSSR count). The highest BCUT2D eigenvalue weighted by molar-refractivity contribution is 6.13. The molecular formula is C30H42O5. The van der Waals surface area contributed by atoms with Crippen LogP contribution in [0.25, 0.3) is 0 Å². The van der Waals surface area contributed by atoms with Gasteiger partial charge in [0, 0.05) is 11.3 Å². The van der Waals surface area contributed by atoms with Crippen molar-refractivity contribution in [1.29, 1.82) is 0 Å². The lowest BCUT2D eigenvalue weighted by atomic mass is 9.28. The summed E-state index contributed by atoms with van der Waals surface area (Å²) in [6.45, 7) is 16.3. The second-order valence-electron chi connectivity index (χ2n) is 14.4. The van der Waals surface area contributed by atoms with E-state index in [1.807, 2.05) is 33.8 Å². The Morgan fingerprint density at radius 2 is 1.77 bits per heavy atom. The van der Waals surface area contributed by atoms with Crippen LogP contribution in [0.5, 0.6) is 0 Å². The summed E-state index contributed by atoms with van der Waals surface area (Å²) in [6.07, 6.45) is 8.53. The fraction of sp³-hybridized carbons (Fsp3) is 0.800. The molecule has 35 heavy (non-hydrogen) atoms. The van der Waals surface area contributed by atoms with Crippen LogP contribution >= 0.6 is 0 Å². The van der Waals surface area contributed by atoms with Crippen LogP contribution in [0.4, 0.5) is 0 Å². The van der Waals surface area contributed by atoms with Gasteiger partial charge in [0.15, 0.2) is 5.78 Å². The molecule has 192 valence electrons. The largest absolute Gasteiger partial charge is 0.390 e. The normalized spacial score (nSPS) is 53.1. The van der Waals surface area contributed by atoms with Crippen molar-refractivity contribution in [3.05, 3.63) is 24.3 Å². The van der Waals surface area contributed by atoms with E-state index in [1.54, 1.807) is 0 Å². The summed E-state index contributed by atoms with van der Waals surface area (Å²) in [6, 6.07) is 0. The number of hydrogen-bond acceptors (Lipinski definition) is 5. The minimum atomic E-state index is -2.16. The van der Waals surface area contributed by atoms with Crippen LogP contribution in [0.2, 0.25) is 0 Å². The lowest BCUT2D eigenvalue weighted by molar-refractivity contribution is -0.286. The van der Waals surface area contributed by atoms with Gasteiger partial charge in [-0.25, -0.2) is 0 Å². The van der Waals surface area contributed by atoms with Crippen LogP contribution in [0.15, 0.2) is 24.3 Å².